The van der Waals surface area contributed by atoms with Gasteiger partial charge in [-0.05, 0) is 42.9 Å². The Balaban J connectivity index is 1.65. The number of piperazine rings is 1. The Morgan fingerprint density at radius 3 is 2.75 bits per heavy atom. The van der Waals surface area contributed by atoms with Crippen LogP contribution < -0.4 is 10.5 Å². The average Bonchev–Trinajstić information content (AvgIpc) is 2.83. The van der Waals surface area contributed by atoms with Crippen LogP contribution in [0.5, 0.6) is 5.75 Å². The van der Waals surface area contributed by atoms with E-state index in [1.807, 2.05) is 29.1 Å². The van der Waals surface area contributed by atoms with Gasteiger partial charge in [-0.1, -0.05) is 6.07 Å². The predicted octanol–water partition coefficient (Wildman–Crippen LogP) is 2.51. The SMILES string of the molecule is COc1c(N)ccc2c1CCC[C@H](N1CCN(CCOI)CC1)C2. The first kappa shape index (κ1) is 18.2. The molecular formula is C18H28IN3O2. The maximum Gasteiger partial charge on any atom is 0.145 e. The molecule has 1 fully saturated rings. The number of hydrogen-bond acceptors (Lipinski definition) is 5. The largest absolute Gasteiger partial charge is 0.494 e. The summed E-state index contributed by atoms with van der Waals surface area (Å²) in [7, 11) is 1.73. The zero-order valence-corrected chi connectivity index (χ0v) is 16.6. The summed E-state index contributed by atoms with van der Waals surface area (Å²) in [5, 5.41) is 0. The van der Waals surface area contributed by atoms with Crippen LogP contribution in [-0.4, -0.2) is 62.3 Å². The van der Waals surface area contributed by atoms with Gasteiger partial charge in [-0.25, -0.2) is 0 Å². The third-order valence-corrected chi connectivity index (χ3v) is 5.86. The van der Waals surface area contributed by atoms with Crippen molar-refractivity contribution in [2.75, 3.05) is 52.2 Å². The molecule has 1 aliphatic carbocycles. The van der Waals surface area contributed by atoms with Gasteiger partial charge < -0.3 is 13.5 Å². The normalized spacial score (nSPS) is 22.8. The van der Waals surface area contributed by atoms with Crippen LogP contribution in [0.2, 0.25) is 0 Å². The van der Waals surface area contributed by atoms with E-state index in [9.17, 15) is 0 Å². The second kappa shape index (κ2) is 8.69. The van der Waals surface area contributed by atoms with Gasteiger partial charge in [0.05, 0.1) is 19.4 Å². The van der Waals surface area contributed by atoms with Crippen LogP contribution in [0.4, 0.5) is 5.69 Å². The Bertz CT molecular complexity index is 547. The van der Waals surface area contributed by atoms with Crippen molar-refractivity contribution in [1.29, 1.82) is 0 Å². The van der Waals surface area contributed by atoms with E-state index in [1.165, 1.54) is 24.0 Å². The minimum Gasteiger partial charge on any atom is -0.494 e. The second-order valence-electron chi connectivity index (χ2n) is 6.77. The molecule has 5 nitrogen and oxygen atoms in total. The molecule has 2 aliphatic rings. The molecule has 0 saturated carbocycles. The summed E-state index contributed by atoms with van der Waals surface area (Å²) < 4.78 is 10.7. The molecule has 0 aromatic heterocycles. The number of benzene rings is 1. The maximum absolute atomic E-state index is 6.09. The smallest absolute Gasteiger partial charge is 0.145 e. The fourth-order valence-corrected chi connectivity index (χ4v) is 4.29. The van der Waals surface area contributed by atoms with Crippen LogP contribution >= 0.6 is 23.0 Å². The molecule has 2 N–H and O–H groups in total. The van der Waals surface area contributed by atoms with Gasteiger partial charge >= 0.3 is 0 Å². The van der Waals surface area contributed by atoms with E-state index in [4.69, 9.17) is 13.5 Å². The number of nitrogens with two attached hydrogens (primary N) is 1. The highest BCUT2D eigenvalue weighted by Gasteiger charge is 2.27. The van der Waals surface area contributed by atoms with Gasteiger partial charge in [-0.3, -0.25) is 9.80 Å². The third-order valence-electron chi connectivity index (χ3n) is 5.42. The molecule has 1 aromatic carbocycles. The van der Waals surface area contributed by atoms with Crippen molar-refractivity contribution in [3.05, 3.63) is 23.3 Å². The Morgan fingerprint density at radius 1 is 1.25 bits per heavy atom. The molecule has 0 bridgehead atoms. The Kier molecular flexibility index (Phi) is 6.60. The number of nitrogens with zero attached hydrogens (tertiary/aromatic N) is 2. The molecule has 1 atom stereocenters. The molecule has 6 heteroatoms. The molecule has 3 rings (SSSR count). The van der Waals surface area contributed by atoms with Gasteiger partial charge in [0.2, 0.25) is 0 Å². The van der Waals surface area contributed by atoms with E-state index < -0.39 is 0 Å². The van der Waals surface area contributed by atoms with Gasteiger partial charge in [0.1, 0.15) is 28.8 Å². The Hall–Kier alpha value is -0.570. The van der Waals surface area contributed by atoms with E-state index in [0.29, 0.717) is 6.04 Å². The van der Waals surface area contributed by atoms with Crippen LogP contribution in [0.15, 0.2) is 12.1 Å². The predicted molar refractivity (Wildman–Crippen MR) is 106 cm³/mol. The van der Waals surface area contributed by atoms with Crippen molar-refractivity contribution < 1.29 is 7.80 Å². The summed E-state index contributed by atoms with van der Waals surface area (Å²) in [5.74, 6) is 0.900. The van der Waals surface area contributed by atoms with Gasteiger partial charge in [-0.2, -0.15) is 0 Å². The van der Waals surface area contributed by atoms with Gasteiger partial charge in [0, 0.05) is 38.8 Å². The zero-order chi connectivity index (χ0) is 16.9. The molecule has 134 valence electrons. The number of fused-ring (bicyclic) bond motifs is 1. The van der Waals surface area contributed by atoms with E-state index in [1.54, 1.807) is 7.11 Å². The number of hydrogen-bond donors (Lipinski definition) is 1. The lowest BCUT2D eigenvalue weighted by atomic mass is 9.99. The fraction of sp³-hybridized carbons (Fsp3) is 0.667. The Labute approximate surface area is 159 Å². The molecule has 24 heavy (non-hydrogen) atoms. The summed E-state index contributed by atoms with van der Waals surface area (Å²) in [5.41, 5.74) is 9.60. The summed E-state index contributed by atoms with van der Waals surface area (Å²) in [6.45, 7) is 6.48. The van der Waals surface area contributed by atoms with Gasteiger partial charge in [0.25, 0.3) is 0 Å². The van der Waals surface area contributed by atoms with E-state index >= 15 is 0 Å². The zero-order valence-electron chi connectivity index (χ0n) is 14.5. The van der Waals surface area contributed by atoms with Crippen LogP contribution in [0.3, 0.4) is 0 Å². The second-order valence-corrected chi connectivity index (χ2v) is 7.39. The van der Waals surface area contributed by atoms with Crippen LogP contribution in [0.1, 0.15) is 24.0 Å². The molecule has 1 aromatic rings. The first-order chi connectivity index (χ1) is 11.7. The monoisotopic (exact) mass is 445 g/mol. The van der Waals surface area contributed by atoms with Crippen LogP contribution in [0, 0.1) is 0 Å². The average molecular weight is 445 g/mol. The summed E-state index contributed by atoms with van der Waals surface area (Å²) in [6, 6.07) is 4.85. The van der Waals surface area contributed by atoms with Crippen LogP contribution in [-0.2, 0) is 15.9 Å². The van der Waals surface area contributed by atoms with Crippen molar-refractivity contribution in [2.45, 2.75) is 31.7 Å². The molecule has 0 spiro atoms. The number of rotatable bonds is 5. The lowest BCUT2D eigenvalue weighted by molar-refractivity contribution is 0.0866. The minimum atomic E-state index is 0.641. The molecule has 1 saturated heterocycles. The fourth-order valence-electron chi connectivity index (χ4n) is 4.09. The molecule has 0 amide bonds. The van der Waals surface area contributed by atoms with E-state index in [-0.39, 0.29) is 0 Å². The quantitative estimate of drug-likeness (QED) is 0.429. The summed E-state index contributed by atoms with van der Waals surface area (Å²) in [4.78, 5) is 5.18. The topological polar surface area (TPSA) is 51.0 Å². The van der Waals surface area contributed by atoms with Crippen molar-refractivity contribution >= 4 is 28.7 Å². The van der Waals surface area contributed by atoms with Crippen molar-refractivity contribution in [2.24, 2.45) is 0 Å². The molecular weight excluding hydrogens is 417 g/mol. The number of anilines is 1. The number of halogens is 1. The molecule has 1 aliphatic heterocycles. The number of ether oxygens (including phenoxy) is 1. The highest BCUT2D eigenvalue weighted by atomic mass is 127. The standard InChI is InChI=1S/C18H28IN3O2/c1-23-18-16-4-2-3-15(13-14(16)5-6-17(18)20)22-9-7-21(8-10-22)11-12-24-19/h5-6,15H,2-4,7-13,20H2,1H3/t15-/m0/s1. The number of nitrogen functional groups attached to an aromatic ring is 1. The first-order valence-corrected chi connectivity index (χ1v) is 9.75. The molecule has 0 radical (unpaired) electrons. The van der Waals surface area contributed by atoms with Gasteiger partial charge in [-0.15, -0.1) is 0 Å². The lowest BCUT2D eigenvalue weighted by Crippen LogP contribution is -2.51. The van der Waals surface area contributed by atoms with Crippen molar-refractivity contribution in [1.82, 2.24) is 9.80 Å². The Morgan fingerprint density at radius 2 is 2.04 bits per heavy atom. The lowest BCUT2D eigenvalue weighted by Gasteiger charge is -2.39. The molecule has 1 heterocycles. The van der Waals surface area contributed by atoms with Crippen molar-refractivity contribution in [3.8, 4) is 5.75 Å². The first-order valence-electron chi connectivity index (χ1n) is 8.87. The van der Waals surface area contributed by atoms with E-state index in [0.717, 1.165) is 63.6 Å². The van der Waals surface area contributed by atoms with Crippen molar-refractivity contribution in [3.63, 3.8) is 0 Å². The van der Waals surface area contributed by atoms with Gasteiger partial charge in [0.15, 0.2) is 0 Å². The van der Waals surface area contributed by atoms with E-state index in [2.05, 4.69) is 15.9 Å². The highest BCUT2D eigenvalue weighted by Crippen LogP contribution is 2.34. The van der Waals surface area contributed by atoms with Crippen LogP contribution in [0.25, 0.3) is 0 Å². The third kappa shape index (κ3) is 4.15. The minimum absolute atomic E-state index is 0.641. The maximum atomic E-state index is 6.09. The number of methoxy groups -OCH3 is 1. The summed E-state index contributed by atoms with van der Waals surface area (Å²) in [6.07, 6.45) is 4.66. The molecule has 0 unspecified atom stereocenters. The summed E-state index contributed by atoms with van der Waals surface area (Å²) >= 11 is 1.98. The highest BCUT2D eigenvalue weighted by molar-refractivity contribution is 14.1.